The number of carbonyl (C=O) groups is 1. The molecular formula is C21H20N2O4S. The van der Waals surface area contributed by atoms with Crippen LogP contribution >= 0.6 is 0 Å². The number of aromatic nitrogens is 2. The molecule has 0 N–H and O–H groups in total. The number of hydrogen-bond donors (Lipinski definition) is 0. The van der Waals surface area contributed by atoms with Gasteiger partial charge in [-0.25, -0.2) is 13.1 Å². The minimum absolute atomic E-state index is 0.0481. The van der Waals surface area contributed by atoms with E-state index in [1.165, 1.54) is 0 Å². The number of benzene rings is 2. The van der Waals surface area contributed by atoms with Crippen molar-refractivity contribution in [1.82, 2.24) is 9.78 Å². The van der Waals surface area contributed by atoms with Crippen molar-refractivity contribution >= 4 is 15.8 Å². The number of sulfone groups is 1. The lowest BCUT2D eigenvalue weighted by Gasteiger charge is -2.08. The van der Waals surface area contributed by atoms with E-state index in [1.807, 2.05) is 66.9 Å². The van der Waals surface area contributed by atoms with Crippen LogP contribution in [0.1, 0.15) is 12.0 Å². The second kappa shape index (κ2) is 7.59. The van der Waals surface area contributed by atoms with Crippen LogP contribution in [0.5, 0.6) is 0 Å². The summed E-state index contributed by atoms with van der Waals surface area (Å²) in [5.74, 6) is -1.11. The molecule has 7 heteroatoms. The monoisotopic (exact) mass is 396 g/mol. The van der Waals surface area contributed by atoms with Gasteiger partial charge in [-0.2, -0.15) is 5.10 Å². The average molecular weight is 396 g/mol. The van der Waals surface area contributed by atoms with Crippen molar-refractivity contribution in [3.63, 3.8) is 0 Å². The van der Waals surface area contributed by atoms with Gasteiger partial charge < -0.3 is 4.74 Å². The summed E-state index contributed by atoms with van der Waals surface area (Å²) in [6.07, 6.45) is 2.17. The second-order valence-corrected chi connectivity index (χ2v) is 9.09. The van der Waals surface area contributed by atoms with Crippen LogP contribution in [0.3, 0.4) is 0 Å². The first-order chi connectivity index (χ1) is 13.5. The average Bonchev–Trinajstić information content (AvgIpc) is 3.31. The van der Waals surface area contributed by atoms with E-state index in [1.54, 1.807) is 4.68 Å². The first-order valence-electron chi connectivity index (χ1n) is 9.08. The van der Waals surface area contributed by atoms with Gasteiger partial charge in [0.15, 0.2) is 9.84 Å². The van der Waals surface area contributed by atoms with E-state index in [9.17, 15) is 13.2 Å². The van der Waals surface area contributed by atoms with Gasteiger partial charge in [-0.3, -0.25) is 4.79 Å². The molecule has 0 aliphatic carbocycles. The van der Waals surface area contributed by atoms with Gasteiger partial charge >= 0.3 is 5.97 Å². The van der Waals surface area contributed by atoms with E-state index >= 15 is 0 Å². The van der Waals surface area contributed by atoms with Crippen molar-refractivity contribution in [2.75, 3.05) is 11.5 Å². The van der Waals surface area contributed by atoms with E-state index in [0.29, 0.717) is 6.42 Å². The molecule has 0 bridgehead atoms. The summed E-state index contributed by atoms with van der Waals surface area (Å²) in [6.45, 7) is 0.0481. The highest BCUT2D eigenvalue weighted by molar-refractivity contribution is 7.91. The summed E-state index contributed by atoms with van der Waals surface area (Å²) < 4.78 is 30.4. The molecule has 0 spiro atoms. The van der Waals surface area contributed by atoms with Gasteiger partial charge in [-0.15, -0.1) is 0 Å². The van der Waals surface area contributed by atoms with E-state index < -0.39 is 21.7 Å². The van der Waals surface area contributed by atoms with Crippen LogP contribution in [0, 0.1) is 5.92 Å². The highest BCUT2D eigenvalue weighted by atomic mass is 32.2. The minimum atomic E-state index is -3.12. The maximum Gasteiger partial charge on any atom is 0.310 e. The Morgan fingerprint density at radius 1 is 1.07 bits per heavy atom. The molecule has 0 amide bonds. The van der Waals surface area contributed by atoms with Crippen LogP contribution in [0.15, 0.2) is 66.9 Å². The molecule has 1 aromatic heterocycles. The molecule has 1 atom stereocenters. The minimum Gasteiger partial charge on any atom is -0.460 e. The highest BCUT2D eigenvalue weighted by Crippen LogP contribution is 2.25. The zero-order valence-corrected chi connectivity index (χ0v) is 16.0. The summed E-state index contributed by atoms with van der Waals surface area (Å²) in [5.41, 5.74) is 3.33. The highest BCUT2D eigenvalue weighted by Gasteiger charge is 2.34. The predicted molar refractivity (Wildman–Crippen MR) is 106 cm³/mol. The Kier molecular flexibility index (Phi) is 5.00. The van der Waals surface area contributed by atoms with Crippen LogP contribution in [0.2, 0.25) is 0 Å². The van der Waals surface area contributed by atoms with Crippen LogP contribution in [0.4, 0.5) is 0 Å². The van der Waals surface area contributed by atoms with Crippen molar-refractivity contribution in [3.8, 4) is 16.9 Å². The van der Waals surface area contributed by atoms with E-state index in [0.717, 1.165) is 22.5 Å². The Balaban J connectivity index is 1.58. The van der Waals surface area contributed by atoms with Gasteiger partial charge in [-0.1, -0.05) is 48.5 Å². The van der Waals surface area contributed by atoms with Crippen LogP contribution < -0.4 is 0 Å². The van der Waals surface area contributed by atoms with Gasteiger partial charge in [0.05, 0.1) is 28.8 Å². The number of hydrogen-bond acceptors (Lipinski definition) is 5. The second-order valence-electron chi connectivity index (χ2n) is 6.86. The number of rotatable bonds is 5. The van der Waals surface area contributed by atoms with Gasteiger partial charge in [0, 0.05) is 17.3 Å². The summed E-state index contributed by atoms with van der Waals surface area (Å²) in [4.78, 5) is 12.3. The molecule has 0 radical (unpaired) electrons. The smallest absolute Gasteiger partial charge is 0.310 e. The number of carbonyl (C=O) groups excluding carboxylic acids is 1. The van der Waals surface area contributed by atoms with Crippen molar-refractivity contribution in [2.24, 2.45) is 5.92 Å². The Hall–Kier alpha value is -2.93. The van der Waals surface area contributed by atoms with Crippen molar-refractivity contribution in [3.05, 3.63) is 72.4 Å². The lowest BCUT2D eigenvalue weighted by atomic mass is 10.1. The van der Waals surface area contributed by atoms with Gasteiger partial charge in [0.25, 0.3) is 0 Å². The lowest BCUT2D eigenvalue weighted by molar-refractivity contribution is -0.148. The maximum absolute atomic E-state index is 12.3. The van der Waals surface area contributed by atoms with Crippen molar-refractivity contribution < 1.29 is 17.9 Å². The van der Waals surface area contributed by atoms with Crippen LogP contribution in [0.25, 0.3) is 16.9 Å². The normalized spacial score (nSPS) is 18.1. The first-order valence-corrected chi connectivity index (χ1v) is 10.9. The van der Waals surface area contributed by atoms with Crippen LogP contribution in [-0.4, -0.2) is 35.7 Å². The number of para-hydroxylation sites is 1. The Morgan fingerprint density at radius 2 is 1.75 bits per heavy atom. The summed E-state index contributed by atoms with van der Waals surface area (Å²) in [7, 11) is -3.12. The Bertz CT molecular complexity index is 1080. The first kappa shape index (κ1) is 18.4. The molecule has 2 heterocycles. The fourth-order valence-corrected chi connectivity index (χ4v) is 5.04. The quantitative estimate of drug-likeness (QED) is 0.620. The number of ether oxygens (including phenoxy) is 1. The summed E-state index contributed by atoms with van der Waals surface area (Å²) in [5, 5.41) is 4.68. The molecule has 1 saturated heterocycles. The van der Waals surface area contributed by atoms with Gasteiger partial charge in [-0.05, 0) is 18.6 Å². The molecule has 28 heavy (non-hydrogen) atoms. The lowest BCUT2D eigenvalue weighted by Crippen LogP contribution is -2.18. The zero-order valence-electron chi connectivity index (χ0n) is 15.2. The Morgan fingerprint density at radius 3 is 2.39 bits per heavy atom. The summed E-state index contributed by atoms with van der Waals surface area (Å²) >= 11 is 0. The number of esters is 1. The van der Waals surface area contributed by atoms with Gasteiger partial charge in [0.2, 0.25) is 0 Å². The standard InChI is InChI=1S/C21H20N2O4S/c24-21(17-11-12-28(25,26)15-17)27-14-18-13-23(19-9-5-2-6-10-19)22-20(18)16-7-3-1-4-8-16/h1-10,13,17H,11-12,14-15H2. The van der Waals surface area contributed by atoms with E-state index in [4.69, 9.17) is 4.74 Å². The molecule has 144 valence electrons. The Labute approximate surface area is 163 Å². The molecule has 2 aromatic carbocycles. The SMILES string of the molecule is O=C(OCc1cn(-c2ccccc2)nc1-c1ccccc1)C1CCS(=O)(=O)C1. The van der Waals surface area contributed by atoms with E-state index in [-0.39, 0.29) is 18.1 Å². The molecule has 6 nitrogen and oxygen atoms in total. The van der Waals surface area contributed by atoms with Gasteiger partial charge in [0.1, 0.15) is 6.61 Å². The van der Waals surface area contributed by atoms with Crippen LogP contribution in [-0.2, 0) is 26.0 Å². The molecule has 0 saturated carbocycles. The van der Waals surface area contributed by atoms with Crippen molar-refractivity contribution in [2.45, 2.75) is 13.0 Å². The fourth-order valence-electron chi connectivity index (χ4n) is 3.31. The topological polar surface area (TPSA) is 78.3 Å². The summed E-state index contributed by atoms with van der Waals surface area (Å²) in [6, 6.07) is 19.4. The third-order valence-electron chi connectivity index (χ3n) is 4.79. The number of nitrogens with zero attached hydrogens (tertiary/aromatic N) is 2. The largest absolute Gasteiger partial charge is 0.460 e. The third-order valence-corrected chi connectivity index (χ3v) is 6.56. The molecule has 1 fully saturated rings. The molecular weight excluding hydrogens is 376 g/mol. The molecule has 1 aliphatic heterocycles. The zero-order chi connectivity index (χ0) is 19.6. The van der Waals surface area contributed by atoms with E-state index in [2.05, 4.69) is 5.10 Å². The molecule has 1 aliphatic rings. The third kappa shape index (κ3) is 3.99. The maximum atomic E-state index is 12.3. The fraction of sp³-hybridized carbons (Fsp3) is 0.238. The molecule has 3 aromatic rings. The molecule has 1 unspecified atom stereocenters. The van der Waals surface area contributed by atoms with Crippen molar-refractivity contribution in [1.29, 1.82) is 0 Å². The molecule has 4 rings (SSSR count). The predicted octanol–water partition coefficient (Wildman–Crippen LogP) is 3.02.